The summed E-state index contributed by atoms with van der Waals surface area (Å²) in [4.78, 5) is 3.64. The Morgan fingerprint density at radius 3 is 1.97 bits per heavy atom. The van der Waals surface area contributed by atoms with Crippen LogP contribution in [0.3, 0.4) is 0 Å². The SMILES string of the molecule is c1ccc2c(c1)B1c3ccccc3-c3cc(-c4ccc5c(c4)[nH]c4ccccc45)cc4c5cccc-2c5n1c34. The Morgan fingerprint density at radius 2 is 1.10 bits per heavy atom. The third-order valence-corrected chi connectivity index (χ3v) is 9.11. The van der Waals surface area contributed by atoms with Crippen LogP contribution in [-0.4, -0.2) is 16.3 Å². The number of hydrogen-bond donors (Lipinski definition) is 1. The van der Waals surface area contributed by atoms with Crippen LogP contribution in [0.2, 0.25) is 0 Å². The second-order valence-corrected chi connectivity index (χ2v) is 11.0. The molecule has 0 bridgehead atoms. The first-order valence-electron chi connectivity index (χ1n) is 13.7. The van der Waals surface area contributed by atoms with Crippen LogP contribution in [0, 0.1) is 0 Å². The van der Waals surface area contributed by atoms with E-state index in [0.717, 1.165) is 0 Å². The van der Waals surface area contributed by atoms with E-state index >= 15 is 0 Å². The Morgan fingerprint density at radius 1 is 0.436 bits per heavy atom. The Hall–Kier alpha value is -5.02. The summed E-state index contributed by atoms with van der Waals surface area (Å²) in [6.45, 7) is 0.188. The molecule has 6 aromatic carbocycles. The third-order valence-electron chi connectivity index (χ3n) is 9.11. The molecule has 0 saturated carbocycles. The summed E-state index contributed by atoms with van der Waals surface area (Å²) < 4.78 is 2.63. The molecule has 0 radical (unpaired) electrons. The molecule has 0 atom stereocenters. The lowest BCUT2D eigenvalue weighted by Crippen LogP contribution is -2.53. The summed E-state index contributed by atoms with van der Waals surface area (Å²) in [7, 11) is 0. The minimum atomic E-state index is 0.188. The summed E-state index contributed by atoms with van der Waals surface area (Å²) in [5, 5.41) is 5.22. The smallest absolute Gasteiger partial charge is 0.329 e. The summed E-state index contributed by atoms with van der Waals surface area (Å²) >= 11 is 0. The van der Waals surface area contributed by atoms with Crippen molar-refractivity contribution in [3.8, 4) is 33.4 Å². The number of aromatic nitrogens is 2. The van der Waals surface area contributed by atoms with Crippen molar-refractivity contribution in [2.45, 2.75) is 0 Å². The van der Waals surface area contributed by atoms with Gasteiger partial charge in [-0.1, -0.05) is 97.1 Å². The summed E-state index contributed by atoms with van der Waals surface area (Å²) in [5.74, 6) is 0. The predicted octanol–water partition coefficient (Wildman–Crippen LogP) is 7.71. The minimum Gasteiger partial charge on any atom is -0.375 e. The lowest BCUT2D eigenvalue weighted by molar-refractivity contribution is 1.31. The molecule has 0 fully saturated rings. The van der Waals surface area contributed by atoms with Crippen LogP contribution in [0.25, 0.3) is 77.0 Å². The van der Waals surface area contributed by atoms with E-state index in [0.29, 0.717) is 0 Å². The van der Waals surface area contributed by atoms with Crippen molar-refractivity contribution >= 4 is 61.4 Å². The van der Waals surface area contributed by atoms with Crippen LogP contribution in [0.1, 0.15) is 0 Å². The van der Waals surface area contributed by atoms with Gasteiger partial charge in [0.05, 0.1) is 0 Å². The number of para-hydroxylation sites is 2. The fourth-order valence-electron chi connectivity index (χ4n) is 7.52. The zero-order valence-electron chi connectivity index (χ0n) is 21.1. The number of aromatic amines is 1. The highest BCUT2D eigenvalue weighted by atomic mass is 14.9. The molecule has 0 spiro atoms. The van der Waals surface area contributed by atoms with Gasteiger partial charge in [0, 0.05) is 54.7 Å². The normalized spacial score (nSPS) is 13.1. The maximum Gasteiger partial charge on any atom is 0.329 e. The lowest BCUT2D eigenvalue weighted by Gasteiger charge is -2.32. The van der Waals surface area contributed by atoms with E-state index in [9.17, 15) is 0 Å². The van der Waals surface area contributed by atoms with Gasteiger partial charge in [-0.2, -0.15) is 0 Å². The zero-order valence-corrected chi connectivity index (χ0v) is 21.1. The van der Waals surface area contributed by atoms with E-state index in [1.807, 2.05) is 0 Å². The zero-order chi connectivity index (χ0) is 25.2. The molecule has 2 aromatic heterocycles. The predicted molar refractivity (Wildman–Crippen MR) is 166 cm³/mol. The highest BCUT2D eigenvalue weighted by molar-refractivity contribution is 6.88. The second-order valence-electron chi connectivity index (χ2n) is 11.0. The van der Waals surface area contributed by atoms with Gasteiger partial charge >= 0.3 is 6.85 Å². The molecule has 0 saturated heterocycles. The molecule has 4 heterocycles. The molecule has 0 amide bonds. The molecule has 2 nitrogen and oxygen atoms in total. The summed E-state index contributed by atoms with van der Waals surface area (Å²) in [5.41, 5.74) is 15.7. The van der Waals surface area contributed by atoms with Gasteiger partial charge in [0.2, 0.25) is 0 Å². The molecule has 178 valence electrons. The number of hydrogen-bond acceptors (Lipinski definition) is 0. The van der Waals surface area contributed by atoms with Crippen LogP contribution in [0.4, 0.5) is 0 Å². The fraction of sp³-hybridized carbons (Fsp3) is 0. The third kappa shape index (κ3) is 2.40. The minimum absolute atomic E-state index is 0.188. The first kappa shape index (κ1) is 20.0. The molecule has 3 heteroatoms. The summed E-state index contributed by atoms with van der Waals surface area (Å²) in [6.07, 6.45) is 0. The van der Waals surface area contributed by atoms with E-state index in [-0.39, 0.29) is 6.85 Å². The molecule has 0 unspecified atom stereocenters. The molecular formula is C36H21BN2. The van der Waals surface area contributed by atoms with Crippen molar-refractivity contribution in [3.63, 3.8) is 0 Å². The van der Waals surface area contributed by atoms with Gasteiger partial charge in [-0.3, -0.25) is 0 Å². The maximum absolute atomic E-state index is 3.64. The number of nitrogens with one attached hydrogen (secondary N) is 1. The highest BCUT2D eigenvalue weighted by Crippen LogP contribution is 2.46. The van der Waals surface area contributed by atoms with E-state index in [1.165, 1.54) is 87.9 Å². The van der Waals surface area contributed by atoms with Crippen LogP contribution in [0.5, 0.6) is 0 Å². The number of fused-ring (bicyclic) bond motifs is 10. The fourth-order valence-corrected chi connectivity index (χ4v) is 7.52. The molecule has 8 aromatic rings. The van der Waals surface area contributed by atoms with E-state index in [2.05, 4.69) is 131 Å². The van der Waals surface area contributed by atoms with Crippen LogP contribution < -0.4 is 10.9 Å². The van der Waals surface area contributed by atoms with E-state index < -0.39 is 0 Å². The Balaban J connectivity index is 1.34. The van der Waals surface area contributed by atoms with Crippen molar-refractivity contribution in [2.24, 2.45) is 0 Å². The van der Waals surface area contributed by atoms with Gasteiger partial charge < -0.3 is 9.46 Å². The van der Waals surface area contributed by atoms with Gasteiger partial charge in [0.1, 0.15) is 0 Å². The highest BCUT2D eigenvalue weighted by Gasteiger charge is 2.38. The topological polar surface area (TPSA) is 20.7 Å². The van der Waals surface area contributed by atoms with Gasteiger partial charge in [-0.15, -0.1) is 0 Å². The molecule has 1 N–H and O–H groups in total. The van der Waals surface area contributed by atoms with Crippen molar-refractivity contribution < 1.29 is 0 Å². The van der Waals surface area contributed by atoms with Gasteiger partial charge in [-0.25, -0.2) is 0 Å². The molecule has 10 rings (SSSR count). The van der Waals surface area contributed by atoms with Crippen molar-refractivity contribution in [1.29, 1.82) is 0 Å². The second kappa shape index (κ2) is 6.89. The first-order chi connectivity index (χ1) is 19.3. The molecular weight excluding hydrogens is 471 g/mol. The average Bonchev–Trinajstić information content (AvgIpc) is 3.54. The summed E-state index contributed by atoms with van der Waals surface area (Å²) in [6, 6.07) is 45.1. The first-order valence-corrected chi connectivity index (χ1v) is 13.7. The van der Waals surface area contributed by atoms with Gasteiger partial charge in [0.15, 0.2) is 0 Å². The largest absolute Gasteiger partial charge is 0.375 e. The monoisotopic (exact) mass is 492 g/mol. The van der Waals surface area contributed by atoms with Crippen molar-refractivity contribution in [2.75, 3.05) is 0 Å². The standard InChI is InChI=1S/C36H21BN2/c1-4-13-31-23(8-1)27-11-7-12-28-30-19-22(21-16-17-26-25-10-3-6-15-33(25)38-34(26)20-21)18-29-24-9-2-5-14-32(24)37(31)39(35(27)28)36(29)30/h1-20,38H. The van der Waals surface area contributed by atoms with Crippen LogP contribution >= 0.6 is 0 Å². The van der Waals surface area contributed by atoms with Gasteiger partial charge in [-0.05, 0) is 57.4 Å². The quantitative estimate of drug-likeness (QED) is 0.227. The average molecular weight is 492 g/mol. The molecule has 2 aliphatic rings. The Labute approximate surface area is 225 Å². The van der Waals surface area contributed by atoms with Crippen molar-refractivity contribution in [1.82, 2.24) is 9.46 Å². The number of nitrogens with zero attached hydrogens (tertiary/aromatic N) is 1. The Kier molecular flexibility index (Phi) is 3.54. The maximum atomic E-state index is 3.64. The van der Waals surface area contributed by atoms with Gasteiger partial charge in [0.25, 0.3) is 0 Å². The van der Waals surface area contributed by atoms with Crippen molar-refractivity contribution in [3.05, 3.63) is 121 Å². The lowest BCUT2D eigenvalue weighted by atomic mass is 9.45. The Bertz CT molecular complexity index is 2350. The molecule has 2 aliphatic heterocycles. The van der Waals surface area contributed by atoms with E-state index in [1.54, 1.807) is 0 Å². The van der Waals surface area contributed by atoms with Crippen LogP contribution in [0.15, 0.2) is 121 Å². The number of benzene rings is 6. The van der Waals surface area contributed by atoms with Crippen LogP contribution in [-0.2, 0) is 0 Å². The number of rotatable bonds is 1. The molecule has 39 heavy (non-hydrogen) atoms. The van der Waals surface area contributed by atoms with E-state index in [4.69, 9.17) is 0 Å². The molecule has 0 aliphatic carbocycles. The number of H-pyrrole nitrogens is 1.